The lowest BCUT2D eigenvalue weighted by atomic mass is 10.2. The maximum absolute atomic E-state index is 13.7. The van der Waals surface area contributed by atoms with Gasteiger partial charge in [0.1, 0.15) is 11.6 Å². The number of benzene rings is 2. The predicted octanol–water partition coefficient (Wildman–Crippen LogP) is 4.62. The van der Waals surface area contributed by atoms with E-state index in [0.29, 0.717) is 31.0 Å². The fourth-order valence-corrected chi connectivity index (χ4v) is 4.00. The second kappa shape index (κ2) is 10.0. The highest BCUT2D eigenvalue weighted by Crippen LogP contribution is 2.16. The summed E-state index contributed by atoms with van der Waals surface area (Å²) in [6, 6.07) is 18.6. The van der Waals surface area contributed by atoms with Crippen molar-refractivity contribution in [2.75, 3.05) is 0 Å². The molecule has 0 spiro atoms. The number of halogens is 2. The van der Waals surface area contributed by atoms with Gasteiger partial charge in [-0.05, 0) is 61.5 Å². The van der Waals surface area contributed by atoms with Gasteiger partial charge < -0.3 is 0 Å². The zero-order valence-corrected chi connectivity index (χ0v) is 19.2. The Balaban J connectivity index is 1.36. The van der Waals surface area contributed by atoms with E-state index >= 15 is 0 Å². The second-order valence-electron chi connectivity index (χ2n) is 8.45. The third-order valence-corrected chi connectivity index (χ3v) is 5.80. The first-order valence-corrected chi connectivity index (χ1v) is 11.4. The van der Waals surface area contributed by atoms with Crippen LogP contribution in [0.5, 0.6) is 0 Å². The lowest BCUT2D eigenvalue weighted by molar-refractivity contribution is 0.165. The van der Waals surface area contributed by atoms with E-state index in [1.807, 2.05) is 53.6 Å². The van der Waals surface area contributed by atoms with Crippen LogP contribution in [-0.2, 0) is 19.6 Å². The molecule has 9 heteroatoms. The molecule has 178 valence electrons. The molecule has 0 unspecified atom stereocenters. The topological polar surface area (TPSA) is 56.7 Å². The largest absolute Gasteiger partial charge is 0.287 e. The highest BCUT2D eigenvalue weighted by atomic mass is 19.1. The number of hydrogen-bond acceptors (Lipinski definition) is 4. The molecule has 0 saturated carbocycles. The second-order valence-corrected chi connectivity index (χ2v) is 8.45. The van der Waals surface area contributed by atoms with E-state index in [9.17, 15) is 8.78 Å². The molecule has 3 heterocycles. The van der Waals surface area contributed by atoms with Crippen LogP contribution in [0.4, 0.5) is 8.78 Å². The maximum Gasteiger partial charge on any atom is 0.125 e. The van der Waals surface area contributed by atoms with Gasteiger partial charge in [-0.15, -0.1) is 0 Å². The SMILES string of the molecule is C[C@H](Cn1cccn1)N(Cc1ccn(-c2cccc(F)c2)n1)Cc1ccn(-c2cccc(F)c2)n1. The fourth-order valence-electron chi connectivity index (χ4n) is 4.00. The minimum atomic E-state index is -0.303. The van der Waals surface area contributed by atoms with Gasteiger partial charge in [-0.25, -0.2) is 18.1 Å². The molecule has 35 heavy (non-hydrogen) atoms. The Kier molecular flexibility index (Phi) is 6.49. The van der Waals surface area contributed by atoms with Crippen molar-refractivity contribution >= 4 is 0 Å². The minimum Gasteiger partial charge on any atom is -0.287 e. The van der Waals surface area contributed by atoms with Gasteiger partial charge in [0.05, 0.1) is 29.3 Å². The Morgan fingerprint density at radius 1 is 0.771 bits per heavy atom. The van der Waals surface area contributed by atoms with Crippen LogP contribution in [-0.4, -0.2) is 40.3 Å². The third kappa shape index (κ3) is 5.52. The van der Waals surface area contributed by atoms with Gasteiger partial charge in [0.25, 0.3) is 0 Å². The van der Waals surface area contributed by atoms with Gasteiger partial charge in [-0.1, -0.05) is 12.1 Å². The summed E-state index contributed by atoms with van der Waals surface area (Å²) in [5.74, 6) is -0.606. The molecule has 0 N–H and O–H groups in total. The molecule has 0 aliphatic carbocycles. The average Bonchev–Trinajstić information content (AvgIpc) is 3.61. The van der Waals surface area contributed by atoms with Crippen molar-refractivity contribution in [1.29, 1.82) is 0 Å². The van der Waals surface area contributed by atoms with E-state index in [2.05, 4.69) is 27.1 Å². The summed E-state index contributed by atoms with van der Waals surface area (Å²) in [7, 11) is 0. The number of hydrogen-bond donors (Lipinski definition) is 0. The number of aromatic nitrogens is 6. The molecule has 3 aromatic heterocycles. The van der Waals surface area contributed by atoms with Crippen LogP contribution in [0.2, 0.25) is 0 Å². The van der Waals surface area contributed by atoms with Crippen molar-refractivity contribution in [3.05, 3.63) is 115 Å². The molecule has 0 fully saturated rings. The first kappa shape index (κ1) is 22.7. The Bertz CT molecular complexity index is 1300. The van der Waals surface area contributed by atoms with Gasteiger partial charge in [0.2, 0.25) is 0 Å². The molecule has 0 saturated heterocycles. The molecule has 0 aliphatic heterocycles. The van der Waals surface area contributed by atoms with Gasteiger partial charge in [-0.2, -0.15) is 15.3 Å². The van der Waals surface area contributed by atoms with Crippen LogP contribution >= 0.6 is 0 Å². The Morgan fingerprint density at radius 2 is 1.34 bits per heavy atom. The van der Waals surface area contributed by atoms with E-state index < -0.39 is 0 Å². The number of nitrogens with zero attached hydrogens (tertiary/aromatic N) is 7. The van der Waals surface area contributed by atoms with Crippen molar-refractivity contribution < 1.29 is 8.78 Å². The molecule has 0 radical (unpaired) electrons. The van der Waals surface area contributed by atoms with Crippen LogP contribution in [0.15, 0.2) is 91.5 Å². The Hall–Kier alpha value is -4.11. The van der Waals surface area contributed by atoms with E-state index in [4.69, 9.17) is 0 Å². The average molecular weight is 474 g/mol. The smallest absolute Gasteiger partial charge is 0.125 e. The lowest BCUT2D eigenvalue weighted by Gasteiger charge is -2.27. The molecule has 7 nitrogen and oxygen atoms in total. The molecule has 1 atom stereocenters. The van der Waals surface area contributed by atoms with Crippen LogP contribution in [0.25, 0.3) is 11.4 Å². The monoisotopic (exact) mass is 473 g/mol. The van der Waals surface area contributed by atoms with Crippen molar-refractivity contribution in [3.8, 4) is 11.4 Å². The summed E-state index contributed by atoms with van der Waals surface area (Å²) in [5, 5.41) is 13.7. The summed E-state index contributed by atoms with van der Waals surface area (Å²) in [5.41, 5.74) is 3.04. The molecule has 5 rings (SSSR count). The van der Waals surface area contributed by atoms with Crippen molar-refractivity contribution in [3.63, 3.8) is 0 Å². The summed E-state index contributed by atoms with van der Waals surface area (Å²) in [4.78, 5) is 2.26. The predicted molar refractivity (Wildman–Crippen MR) is 128 cm³/mol. The van der Waals surface area contributed by atoms with E-state index in [-0.39, 0.29) is 17.7 Å². The molecule has 5 aromatic rings. The molecule has 0 bridgehead atoms. The lowest BCUT2D eigenvalue weighted by Crippen LogP contribution is -2.35. The highest BCUT2D eigenvalue weighted by molar-refractivity contribution is 5.32. The van der Waals surface area contributed by atoms with Gasteiger partial charge >= 0.3 is 0 Å². The number of rotatable bonds is 9. The van der Waals surface area contributed by atoms with E-state index in [0.717, 1.165) is 11.4 Å². The van der Waals surface area contributed by atoms with Gasteiger partial charge in [0, 0.05) is 43.9 Å². The first-order chi connectivity index (χ1) is 17.0. The van der Waals surface area contributed by atoms with Crippen molar-refractivity contribution in [2.24, 2.45) is 0 Å². The molecular formula is C26H25F2N7. The minimum absolute atomic E-state index is 0.119. The summed E-state index contributed by atoms with van der Waals surface area (Å²) < 4.78 is 32.6. The molecular weight excluding hydrogens is 448 g/mol. The summed E-state index contributed by atoms with van der Waals surface area (Å²) >= 11 is 0. The van der Waals surface area contributed by atoms with E-state index in [1.165, 1.54) is 24.3 Å². The van der Waals surface area contributed by atoms with Crippen molar-refractivity contribution in [2.45, 2.75) is 32.6 Å². The highest BCUT2D eigenvalue weighted by Gasteiger charge is 2.19. The Morgan fingerprint density at radius 3 is 1.83 bits per heavy atom. The normalized spacial score (nSPS) is 12.3. The summed E-state index contributed by atoms with van der Waals surface area (Å²) in [6.45, 7) is 3.96. The van der Waals surface area contributed by atoms with Gasteiger partial charge in [-0.3, -0.25) is 9.58 Å². The Labute approximate surface area is 201 Å². The third-order valence-electron chi connectivity index (χ3n) is 5.80. The summed E-state index contributed by atoms with van der Waals surface area (Å²) in [6.07, 6.45) is 7.36. The standard InChI is InChI=1S/C26H25F2N7/c1-20(17-33-12-4-11-29-33)32(18-23-9-13-34(30-23)25-7-2-5-21(27)15-25)19-24-10-14-35(31-24)26-8-3-6-22(28)16-26/h2-16,20H,17-19H2,1H3/t20-/m1/s1. The van der Waals surface area contributed by atoms with Gasteiger partial charge in [0.15, 0.2) is 0 Å². The maximum atomic E-state index is 13.7. The van der Waals surface area contributed by atoms with Crippen LogP contribution in [0, 0.1) is 11.6 Å². The molecule has 0 amide bonds. The zero-order chi connectivity index (χ0) is 24.2. The van der Waals surface area contributed by atoms with Crippen LogP contribution in [0.3, 0.4) is 0 Å². The molecule has 2 aromatic carbocycles. The fraction of sp³-hybridized carbons (Fsp3) is 0.192. The van der Waals surface area contributed by atoms with Crippen LogP contribution < -0.4 is 0 Å². The van der Waals surface area contributed by atoms with Crippen molar-refractivity contribution in [1.82, 2.24) is 34.2 Å². The van der Waals surface area contributed by atoms with Crippen LogP contribution in [0.1, 0.15) is 18.3 Å². The van der Waals surface area contributed by atoms with E-state index in [1.54, 1.807) is 27.7 Å². The molecule has 0 aliphatic rings. The quantitative estimate of drug-likeness (QED) is 0.313. The zero-order valence-electron chi connectivity index (χ0n) is 19.2. The first-order valence-electron chi connectivity index (χ1n) is 11.4.